The molecule has 0 saturated carbocycles. The molecule has 0 aliphatic carbocycles. The van der Waals surface area contributed by atoms with E-state index >= 15 is 0 Å². The number of aromatic hydroxyl groups is 1. The summed E-state index contributed by atoms with van der Waals surface area (Å²) in [7, 11) is -3.99. The SMILES string of the molecule is CC(C)(C)c1cc(SCC(=O)[AsH]S(=O)(=O)c2cc(C(=O)O)ccc2Cl)cc(C(C)(C)C)c1O. The van der Waals surface area contributed by atoms with Crippen LogP contribution in [-0.2, 0) is 23.7 Å². The first-order valence-electron chi connectivity index (χ1n) is 10.0. The van der Waals surface area contributed by atoms with Crippen molar-refractivity contribution in [1.29, 1.82) is 0 Å². The van der Waals surface area contributed by atoms with Crippen LogP contribution in [0.1, 0.15) is 63.0 Å². The average molecular weight is 575 g/mol. The molecule has 33 heavy (non-hydrogen) atoms. The molecule has 0 fully saturated rings. The summed E-state index contributed by atoms with van der Waals surface area (Å²) in [6.07, 6.45) is 0. The molecule has 1 unspecified atom stereocenters. The normalized spacial score (nSPS) is 12.9. The molecule has 0 saturated heterocycles. The molecule has 2 rings (SSSR count). The number of thioether (sulfide) groups is 1. The number of carbonyl (C=O) groups excluding carboxylic acids is 1. The summed E-state index contributed by atoms with van der Waals surface area (Å²) < 4.78 is 25.1. The predicted molar refractivity (Wildman–Crippen MR) is 134 cm³/mol. The Balaban J connectivity index is 2.28. The van der Waals surface area contributed by atoms with Crippen LogP contribution in [0.3, 0.4) is 0 Å². The predicted octanol–water partition coefficient (Wildman–Crippen LogP) is 4.78. The summed E-state index contributed by atoms with van der Waals surface area (Å²) in [6.45, 7) is 11.9. The molecule has 0 radical (unpaired) electrons. The molecule has 0 amide bonds. The fraction of sp³-hybridized carbons (Fsp3) is 0.391. The van der Waals surface area contributed by atoms with Crippen molar-refractivity contribution in [3.8, 4) is 5.75 Å². The number of rotatable bonds is 7. The number of carboxylic acids is 1. The van der Waals surface area contributed by atoms with E-state index in [1.165, 1.54) is 23.9 Å². The number of aromatic carboxylic acids is 1. The first-order chi connectivity index (χ1) is 14.9. The second-order valence-corrected chi connectivity index (χ2v) is 18.6. The molecule has 0 aromatic heterocycles. The van der Waals surface area contributed by atoms with Crippen molar-refractivity contribution in [2.45, 2.75) is 62.2 Å². The van der Waals surface area contributed by atoms with Gasteiger partial charge in [0.1, 0.15) is 0 Å². The van der Waals surface area contributed by atoms with Gasteiger partial charge in [-0.2, -0.15) is 0 Å². The average Bonchev–Trinajstić information content (AvgIpc) is 2.64. The van der Waals surface area contributed by atoms with Crippen molar-refractivity contribution >= 4 is 56.6 Å². The topological polar surface area (TPSA) is 109 Å². The number of carboxylic acid groups (broad SMARTS) is 1. The molecule has 0 spiro atoms. The third-order valence-electron chi connectivity index (χ3n) is 4.79. The summed E-state index contributed by atoms with van der Waals surface area (Å²) in [5.74, 6) is -1.09. The molecular weight excluding hydrogens is 547 g/mol. The quantitative estimate of drug-likeness (QED) is 0.362. The van der Waals surface area contributed by atoms with E-state index in [9.17, 15) is 23.1 Å². The van der Waals surface area contributed by atoms with E-state index < -0.39 is 33.2 Å². The third kappa shape index (κ3) is 7.01. The third-order valence-corrected chi connectivity index (χ3v) is 13.0. The Morgan fingerprint density at radius 3 is 1.97 bits per heavy atom. The second kappa shape index (κ2) is 10.0. The summed E-state index contributed by atoms with van der Waals surface area (Å²) in [5, 5.41) is 19.8. The molecule has 10 heteroatoms. The summed E-state index contributed by atoms with van der Waals surface area (Å²) >= 11 is 5.05. The van der Waals surface area contributed by atoms with Crippen molar-refractivity contribution in [1.82, 2.24) is 0 Å². The molecule has 0 aliphatic rings. The van der Waals surface area contributed by atoms with Crippen LogP contribution in [0, 0.1) is 0 Å². The second-order valence-electron chi connectivity index (χ2n) is 9.63. The van der Waals surface area contributed by atoms with E-state index in [2.05, 4.69) is 0 Å². The first kappa shape index (κ1) is 27.8. The van der Waals surface area contributed by atoms with Crippen molar-refractivity contribution in [3.05, 3.63) is 52.0 Å². The van der Waals surface area contributed by atoms with Gasteiger partial charge in [0.05, 0.1) is 0 Å². The number of halogens is 1. The van der Waals surface area contributed by atoms with Gasteiger partial charge in [0.15, 0.2) is 0 Å². The molecule has 2 N–H and O–H groups in total. The Morgan fingerprint density at radius 1 is 1.00 bits per heavy atom. The van der Waals surface area contributed by atoms with Gasteiger partial charge in [-0.05, 0) is 0 Å². The van der Waals surface area contributed by atoms with Crippen LogP contribution in [-0.4, -0.2) is 49.5 Å². The van der Waals surface area contributed by atoms with Crippen molar-refractivity contribution in [2.75, 3.05) is 5.75 Å². The van der Waals surface area contributed by atoms with E-state index in [-0.39, 0.29) is 37.8 Å². The molecule has 1 atom stereocenters. The summed E-state index contributed by atoms with van der Waals surface area (Å²) in [5.41, 5.74) is 0.651. The van der Waals surface area contributed by atoms with E-state index in [4.69, 9.17) is 16.7 Å². The van der Waals surface area contributed by atoms with Gasteiger partial charge in [0.2, 0.25) is 0 Å². The van der Waals surface area contributed by atoms with Crippen molar-refractivity contribution < 1.29 is 28.2 Å². The van der Waals surface area contributed by atoms with Gasteiger partial charge in [-0.25, -0.2) is 0 Å². The monoisotopic (exact) mass is 574 g/mol. The van der Waals surface area contributed by atoms with Crippen LogP contribution in [0.15, 0.2) is 40.1 Å². The Kier molecular flexibility index (Phi) is 8.44. The Labute approximate surface area is 209 Å². The molecule has 0 heterocycles. The van der Waals surface area contributed by atoms with Gasteiger partial charge in [-0.3, -0.25) is 0 Å². The zero-order valence-corrected chi connectivity index (χ0v) is 23.8. The van der Waals surface area contributed by atoms with E-state index in [0.717, 1.165) is 22.1 Å². The molecule has 0 aliphatic heterocycles. The zero-order valence-electron chi connectivity index (χ0n) is 19.3. The Bertz CT molecular complexity index is 1160. The molecule has 180 valence electrons. The van der Waals surface area contributed by atoms with Crippen molar-refractivity contribution in [2.24, 2.45) is 0 Å². The maximum atomic E-state index is 12.8. The Morgan fingerprint density at radius 2 is 1.52 bits per heavy atom. The minimum absolute atomic E-state index is 0.0482. The molecule has 2 aromatic carbocycles. The number of hydrogen-bond acceptors (Lipinski definition) is 6. The standard InChI is InChI=1S/C23H28AsClO6S2/c1-22(2,3)15-10-14(11-16(20(15)27)23(4,5)6)32-12-19(26)24-33(30,31)18-9-13(21(28)29)7-8-17(18)25/h7-11,24,27H,12H2,1-6H3,(H,28,29). The zero-order chi connectivity index (χ0) is 25.4. The number of phenols is 1. The number of benzene rings is 2. The van der Waals surface area contributed by atoms with Gasteiger partial charge in [0.25, 0.3) is 0 Å². The van der Waals surface area contributed by atoms with Crippen LogP contribution in [0.4, 0.5) is 0 Å². The van der Waals surface area contributed by atoms with Crippen LogP contribution in [0.25, 0.3) is 0 Å². The maximum absolute atomic E-state index is 12.8. The number of phenolic OH excluding ortho intramolecular Hbond substituents is 1. The van der Waals surface area contributed by atoms with Gasteiger partial charge in [0, 0.05) is 0 Å². The van der Waals surface area contributed by atoms with Crippen LogP contribution < -0.4 is 0 Å². The molecule has 2 aromatic rings. The molecule has 0 bridgehead atoms. The minimum atomic E-state index is -3.99. The van der Waals surface area contributed by atoms with Crippen LogP contribution in [0.5, 0.6) is 5.75 Å². The molecular formula is C23H28AsClO6S2. The van der Waals surface area contributed by atoms with Gasteiger partial charge in [-0.15, -0.1) is 0 Å². The van der Waals surface area contributed by atoms with Crippen LogP contribution >= 0.6 is 23.4 Å². The number of carbonyl (C=O) groups is 2. The van der Waals surface area contributed by atoms with E-state index in [1.807, 2.05) is 53.7 Å². The Hall–Kier alpha value is -1.47. The fourth-order valence-corrected chi connectivity index (χ4v) is 11.1. The van der Waals surface area contributed by atoms with Gasteiger partial charge < -0.3 is 0 Å². The van der Waals surface area contributed by atoms with E-state index in [0.29, 0.717) is 0 Å². The summed E-state index contributed by atoms with van der Waals surface area (Å²) in [6, 6.07) is 7.09. The number of hydrogen-bond donors (Lipinski definition) is 2. The first-order valence-corrected chi connectivity index (χ1v) is 16.5. The molecule has 6 nitrogen and oxygen atoms in total. The summed E-state index contributed by atoms with van der Waals surface area (Å²) in [4.78, 5) is 24.2. The van der Waals surface area contributed by atoms with Gasteiger partial charge in [-0.1, -0.05) is 0 Å². The fourth-order valence-electron chi connectivity index (χ4n) is 3.06. The van der Waals surface area contributed by atoms with E-state index in [1.54, 1.807) is 0 Å². The van der Waals surface area contributed by atoms with Gasteiger partial charge >= 0.3 is 211 Å². The van der Waals surface area contributed by atoms with Crippen LogP contribution in [0.2, 0.25) is 5.02 Å². The van der Waals surface area contributed by atoms with Crippen molar-refractivity contribution in [3.63, 3.8) is 0 Å².